The van der Waals surface area contributed by atoms with Gasteiger partial charge in [-0.3, -0.25) is 4.98 Å². The SMILES string of the molecule is N#Cc1ncc2nccc-2[nH]1. The van der Waals surface area contributed by atoms with Crippen molar-refractivity contribution in [1.82, 2.24) is 15.0 Å². The Morgan fingerprint density at radius 3 is 3.18 bits per heavy atom. The van der Waals surface area contributed by atoms with E-state index in [1.807, 2.05) is 6.07 Å². The fourth-order valence-electron chi connectivity index (χ4n) is 0.898. The molecule has 11 heavy (non-hydrogen) atoms. The first-order valence-electron chi connectivity index (χ1n) is 3.10. The van der Waals surface area contributed by atoms with E-state index in [1.54, 1.807) is 18.5 Å². The van der Waals surface area contributed by atoms with Gasteiger partial charge in [-0.1, -0.05) is 0 Å². The molecule has 0 radical (unpaired) electrons. The number of H-pyrrole nitrogens is 1. The summed E-state index contributed by atoms with van der Waals surface area (Å²) in [6.45, 7) is 0. The minimum absolute atomic E-state index is 0.311. The Hall–Kier alpha value is -1.89. The molecule has 52 valence electrons. The van der Waals surface area contributed by atoms with Gasteiger partial charge in [-0.2, -0.15) is 5.26 Å². The van der Waals surface area contributed by atoms with E-state index in [1.165, 1.54) is 0 Å². The summed E-state index contributed by atoms with van der Waals surface area (Å²) in [5.74, 6) is 0.311. The van der Waals surface area contributed by atoms with Crippen LogP contribution in [0.2, 0.25) is 0 Å². The Balaban J connectivity index is 2.71. The smallest absolute Gasteiger partial charge is 0.210 e. The number of hydrogen-bond donors (Lipinski definition) is 1. The molecule has 0 aromatic heterocycles. The fraction of sp³-hybridized carbons (Fsp3) is 0. The molecular formula is C7H4N4. The minimum atomic E-state index is 0.311. The van der Waals surface area contributed by atoms with Crippen LogP contribution >= 0.6 is 0 Å². The quantitative estimate of drug-likeness (QED) is 0.594. The van der Waals surface area contributed by atoms with Crippen LogP contribution in [0, 0.1) is 11.3 Å². The molecule has 0 saturated heterocycles. The van der Waals surface area contributed by atoms with Crippen molar-refractivity contribution in [3.63, 3.8) is 0 Å². The maximum atomic E-state index is 8.47. The second-order valence-electron chi connectivity index (χ2n) is 2.09. The maximum absolute atomic E-state index is 8.47. The first kappa shape index (κ1) is 5.86. The van der Waals surface area contributed by atoms with Crippen molar-refractivity contribution in [2.75, 3.05) is 0 Å². The van der Waals surface area contributed by atoms with E-state index in [2.05, 4.69) is 15.0 Å². The highest BCUT2D eigenvalue weighted by Gasteiger charge is 2.03. The molecule has 2 rings (SSSR count). The van der Waals surface area contributed by atoms with Crippen molar-refractivity contribution < 1.29 is 0 Å². The van der Waals surface area contributed by atoms with Crippen molar-refractivity contribution >= 4 is 0 Å². The standard InChI is InChI=1S/C7H4N4/c8-3-7-10-4-6-5(11-7)1-2-9-6/h1-2,4H,(H,10,11). The zero-order valence-corrected chi connectivity index (χ0v) is 5.57. The third-order valence-electron chi connectivity index (χ3n) is 1.41. The normalized spacial score (nSPS) is 9.73. The molecule has 0 fully saturated rings. The first-order valence-corrected chi connectivity index (χ1v) is 3.10. The van der Waals surface area contributed by atoms with Gasteiger partial charge in [0.1, 0.15) is 11.8 Å². The highest BCUT2D eigenvalue weighted by Crippen LogP contribution is 2.14. The molecule has 4 nitrogen and oxygen atoms in total. The molecule has 1 N–H and O–H groups in total. The lowest BCUT2D eigenvalue weighted by Crippen LogP contribution is -1.90. The lowest BCUT2D eigenvalue weighted by molar-refractivity contribution is 1.11. The number of fused-ring (bicyclic) bond motifs is 1. The van der Waals surface area contributed by atoms with Crippen LogP contribution in [0.4, 0.5) is 0 Å². The zero-order chi connectivity index (χ0) is 7.68. The second-order valence-corrected chi connectivity index (χ2v) is 2.09. The van der Waals surface area contributed by atoms with Crippen LogP contribution in [-0.4, -0.2) is 15.0 Å². The molecule has 2 aliphatic heterocycles. The predicted octanol–water partition coefficient (Wildman–Crippen LogP) is 0.781. The van der Waals surface area contributed by atoms with Crippen LogP contribution in [0.15, 0.2) is 18.5 Å². The third-order valence-corrected chi connectivity index (χ3v) is 1.41. The largest absolute Gasteiger partial charge is 0.329 e. The third kappa shape index (κ3) is 0.829. The summed E-state index contributed by atoms with van der Waals surface area (Å²) in [6, 6.07) is 3.72. The molecule has 0 bridgehead atoms. The Morgan fingerprint density at radius 2 is 2.36 bits per heavy atom. The summed E-state index contributed by atoms with van der Waals surface area (Å²) in [4.78, 5) is 10.6. The Kier molecular flexibility index (Phi) is 1.10. The van der Waals surface area contributed by atoms with Gasteiger partial charge in [0.2, 0.25) is 5.82 Å². The van der Waals surface area contributed by atoms with E-state index < -0.39 is 0 Å². The van der Waals surface area contributed by atoms with Gasteiger partial charge in [0.25, 0.3) is 0 Å². The van der Waals surface area contributed by atoms with Gasteiger partial charge >= 0.3 is 0 Å². The second kappa shape index (κ2) is 2.06. The monoisotopic (exact) mass is 144 g/mol. The molecule has 0 amide bonds. The lowest BCUT2D eigenvalue weighted by atomic mass is 10.3. The first-order chi connectivity index (χ1) is 5.40. The van der Waals surface area contributed by atoms with E-state index in [0.29, 0.717) is 5.82 Å². The average molecular weight is 144 g/mol. The number of nitrogens with one attached hydrogen (secondary N) is 1. The van der Waals surface area contributed by atoms with Gasteiger partial charge in [0.15, 0.2) is 0 Å². The lowest BCUT2D eigenvalue weighted by Gasteiger charge is -1.95. The number of hydrogen-bond acceptors (Lipinski definition) is 3. The van der Waals surface area contributed by atoms with Crippen molar-refractivity contribution in [3.8, 4) is 17.5 Å². The predicted molar refractivity (Wildman–Crippen MR) is 37.7 cm³/mol. The van der Waals surface area contributed by atoms with E-state index in [0.717, 1.165) is 11.4 Å². The number of aromatic amines is 1. The van der Waals surface area contributed by atoms with Crippen LogP contribution in [0.3, 0.4) is 0 Å². The van der Waals surface area contributed by atoms with Crippen molar-refractivity contribution in [2.24, 2.45) is 0 Å². The van der Waals surface area contributed by atoms with Gasteiger partial charge in [-0.25, -0.2) is 4.98 Å². The molecule has 0 atom stereocenters. The van der Waals surface area contributed by atoms with Gasteiger partial charge < -0.3 is 4.98 Å². The summed E-state index contributed by atoms with van der Waals surface area (Å²) >= 11 is 0. The summed E-state index contributed by atoms with van der Waals surface area (Å²) in [6.07, 6.45) is 3.24. The van der Waals surface area contributed by atoms with Gasteiger partial charge in [-0.15, -0.1) is 0 Å². The highest BCUT2D eigenvalue weighted by molar-refractivity contribution is 5.54. The van der Waals surface area contributed by atoms with E-state index in [9.17, 15) is 0 Å². The van der Waals surface area contributed by atoms with Crippen LogP contribution in [0.1, 0.15) is 5.82 Å². The molecule has 4 heteroatoms. The van der Waals surface area contributed by atoms with Gasteiger partial charge in [-0.05, 0) is 6.07 Å². The van der Waals surface area contributed by atoms with Crippen molar-refractivity contribution in [3.05, 3.63) is 24.3 Å². The zero-order valence-electron chi connectivity index (χ0n) is 5.57. The number of nitrogens with zero attached hydrogens (tertiary/aromatic N) is 3. The molecule has 0 spiro atoms. The van der Waals surface area contributed by atoms with Crippen LogP contribution in [-0.2, 0) is 0 Å². The fourth-order valence-corrected chi connectivity index (χ4v) is 0.898. The molecule has 0 aromatic rings. The van der Waals surface area contributed by atoms with Crippen molar-refractivity contribution in [1.29, 1.82) is 5.26 Å². The van der Waals surface area contributed by atoms with Crippen LogP contribution in [0.25, 0.3) is 11.4 Å². The van der Waals surface area contributed by atoms with E-state index in [4.69, 9.17) is 5.26 Å². The van der Waals surface area contributed by atoms with Crippen LogP contribution in [0.5, 0.6) is 0 Å². The molecule has 0 saturated carbocycles. The average Bonchev–Trinajstić information content (AvgIpc) is 2.50. The number of nitriles is 1. The maximum Gasteiger partial charge on any atom is 0.210 e. The van der Waals surface area contributed by atoms with Gasteiger partial charge in [0.05, 0.1) is 11.9 Å². The van der Waals surface area contributed by atoms with Crippen molar-refractivity contribution in [2.45, 2.75) is 0 Å². The summed E-state index contributed by atoms with van der Waals surface area (Å²) < 4.78 is 0. The summed E-state index contributed by atoms with van der Waals surface area (Å²) in [7, 11) is 0. The van der Waals surface area contributed by atoms with Crippen LogP contribution < -0.4 is 0 Å². The molecule has 0 aliphatic carbocycles. The number of aromatic nitrogens is 3. The topological polar surface area (TPSA) is 65.4 Å². The Morgan fingerprint density at radius 1 is 1.45 bits per heavy atom. The van der Waals surface area contributed by atoms with E-state index in [-0.39, 0.29) is 0 Å². The molecule has 0 unspecified atom stereocenters. The summed E-state index contributed by atoms with van der Waals surface area (Å²) in [5, 5.41) is 8.47. The number of rotatable bonds is 0. The van der Waals surface area contributed by atoms with Gasteiger partial charge in [0, 0.05) is 6.20 Å². The Labute approximate surface area is 62.9 Å². The van der Waals surface area contributed by atoms with E-state index >= 15 is 0 Å². The minimum Gasteiger partial charge on any atom is -0.329 e. The molecule has 2 aliphatic rings. The Bertz CT molecular complexity index is 384. The summed E-state index contributed by atoms with van der Waals surface area (Å²) in [5.41, 5.74) is 1.63. The highest BCUT2D eigenvalue weighted by atomic mass is 14.9. The molecule has 2 heterocycles. The molecular weight excluding hydrogens is 140 g/mol. The molecule has 0 aromatic carbocycles.